The minimum atomic E-state index is -0.114. The molecule has 0 unspecified atom stereocenters. The van der Waals surface area contributed by atoms with E-state index in [-0.39, 0.29) is 5.91 Å². The summed E-state index contributed by atoms with van der Waals surface area (Å²) in [6.45, 7) is 1.63. The summed E-state index contributed by atoms with van der Waals surface area (Å²) in [5, 5.41) is 3.83. The quantitative estimate of drug-likeness (QED) is 0.671. The van der Waals surface area contributed by atoms with Crippen molar-refractivity contribution < 1.29 is 14.3 Å². The number of aryl methyl sites for hydroxylation is 1. The van der Waals surface area contributed by atoms with E-state index in [1.165, 1.54) is 0 Å². The maximum Gasteiger partial charge on any atom is 0.251 e. The Morgan fingerprint density at radius 1 is 1.36 bits per heavy atom. The summed E-state index contributed by atoms with van der Waals surface area (Å²) in [6, 6.07) is 5.23. The van der Waals surface area contributed by atoms with E-state index < -0.39 is 0 Å². The van der Waals surface area contributed by atoms with E-state index >= 15 is 0 Å². The number of carbonyl (C=O) groups excluding carboxylic acids is 1. The Hall–Kier alpha value is -2.15. The van der Waals surface area contributed by atoms with Crippen molar-refractivity contribution in [2.75, 3.05) is 25.5 Å². The summed E-state index contributed by atoms with van der Waals surface area (Å²) in [5.41, 5.74) is 0.575. The first-order valence-electron chi connectivity index (χ1n) is 7.02. The van der Waals surface area contributed by atoms with Crippen LogP contribution in [0.4, 0.5) is 0 Å². The van der Waals surface area contributed by atoms with Crippen molar-refractivity contribution in [1.82, 2.24) is 14.9 Å². The summed E-state index contributed by atoms with van der Waals surface area (Å²) in [7, 11) is 1.95. The van der Waals surface area contributed by atoms with E-state index in [0.717, 1.165) is 10.9 Å². The van der Waals surface area contributed by atoms with Crippen LogP contribution in [0.1, 0.15) is 10.4 Å². The van der Waals surface area contributed by atoms with Gasteiger partial charge in [0.2, 0.25) is 0 Å². The lowest BCUT2D eigenvalue weighted by molar-refractivity contribution is 0.0955. The molecule has 6 nitrogen and oxygen atoms in total. The van der Waals surface area contributed by atoms with Gasteiger partial charge in [0, 0.05) is 37.3 Å². The SMILES string of the molecule is Cn1ccnc1SCCNC(=O)c1ccc2c(c1)OCCO2. The summed E-state index contributed by atoms with van der Waals surface area (Å²) in [6.07, 6.45) is 3.66. The van der Waals surface area contributed by atoms with Gasteiger partial charge in [0.05, 0.1) is 0 Å². The van der Waals surface area contributed by atoms with Crippen molar-refractivity contribution in [3.63, 3.8) is 0 Å². The van der Waals surface area contributed by atoms with Gasteiger partial charge >= 0.3 is 0 Å². The zero-order valence-corrected chi connectivity index (χ0v) is 13.1. The number of nitrogens with zero attached hydrogens (tertiary/aromatic N) is 2. The Labute approximate surface area is 132 Å². The van der Waals surface area contributed by atoms with Crippen LogP contribution in [0.2, 0.25) is 0 Å². The van der Waals surface area contributed by atoms with Crippen LogP contribution in [0, 0.1) is 0 Å². The number of hydrogen-bond acceptors (Lipinski definition) is 5. The van der Waals surface area contributed by atoms with Crippen LogP contribution in [0.15, 0.2) is 35.7 Å². The van der Waals surface area contributed by atoms with Gasteiger partial charge in [-0.25, -0.2) is 4.98 Å². The number of carbonyl (C=O) groups is 1. The van der Waals surface area contributed by atoms with Crippen molar-refractivity contribution in [1.29, 1.82) is 0 Å². The van der Waals surface area contributed by atoms with E-state index in [0.29, 0.717) is 36.8 Å². The molecule has 1 aromatic carbocycles. The van der Waals surface area contributed by atoms with Crippen molar-refractivity contribution >= 4 is 17.7 Å². The van der Waals surface area contributed by atoms with Crippen molar-refractivity contribution in [3.05, 3.63) is 36.2 Å². The molecule has 116 valence electrons. The van der Waals surface area contributed by atoms with Crippen LogP contribution in [-0.2, 0) is 7.05 Å². The number of imidazole rings is 1. The van der Waals surface area contributed by atoms with Gasteiger partial charge in [0.1, 0.15) is 13.2 Å². The molecule has 7 heteroatoms. The van der Waals surface area contributed by atoms with E-state index in [2.05, 4.69) is 10.3 Å². The highest BCUT2D eigenvalue weighted by Crippen LogP contribution is 2.30. The topological polar surface area (TPSA) is 65.4 Å². The van der Waals surface area contributed by atoms with Crippen molar-refractivity contribution in [3.8, 4) is 11.5 Å². The Morgan fingerprint density at radius 3 is 2.95 bits per heavy atom. The molecule has 0 atom stereocenters. The van der Waals surface area contributed by atoms with Crippen LogP contribution >= 0.6 is 11.8 Å². The highest BCUT2D eigenvalue weighted by Gasteiger charge is 2.14. The number of amides is 1. The third-order valence-corrected chi connectivity index (χ3v) is 4.26. The van der Waals surface area contributed by atoms with Crippen LogP contribution in [0.5, 0.6) is 11.5 Å². The normalized spacial score (nSPS) is 13.0. The number of fused-ring (bicyclic) bond motifs is 1. The highest BCUT2D eigenvalue weighted by atomic mass is 32.2. The smallest absolute Gasteiger partial charge is 0.251 e. The monoisotopic (exact) mass is 319 g/mol. The summed E-state index contributed by atoms with van der Waals surface area (Å²) in [5.74, 6) is 1.97. The van der Waals surface area contributed by atoms with Gasteiger partial charge in [-0.15, -0.1) is 0 Å². The molecule has 2 heterocycles. The van der Waals surface area contributed by atoms with E-state index in [4.69, 9.17) is 9.47 Å². The van der Waals surface area contributed by atoms with E-state index in [1.54, 1.807) is 36.2 Å². The standard InChI is InChI=1S/C15H17N3O3S/c1-18-6-4-17-15(18)22-9-5-16-14(19)11-2-3-12-13(10-11)21-8-7-20-12/h2-4,6,10H,5,7-9H2,1H3,(H,16,19). The number of aromatic nitrogens is 2. The van der Waals surface area contributed by atoms with Gasteiger partial charge in [0.15, 0.2) is 16.7 Å². The molecule has 0 fully saturated rings. The number of hydrogen-bond donors (Lipinski definition) is 1. The lowest BCUT2D eigenvalue weighted by atomic mass is 10.2. The van der Waals surface area contributed by atoms with Crippen molar-refractivity contribution in [2.45, 2.75) is 5.16 Å². The van der Waals surface area contributed by atoms with Gasteiger partial charge in [-0.2, -0.15) is 0 Å². The average molecular weight is 319 g/mol. The minimum Gasteiger partial charge on any atom is -0.486 e. The van der Waals surface area contributed by atoms with E-state index in [1.807, 2.05) is 17.8 Å². The molecule has 1 aromatic heterocycles. The number of rotatable bonds is 5. The zero-order chi connectivity index (χ0) is 15.4. The molecular weight excluding hydrogens is 302 g/mol. The van der Waals surface area contributed by atoms with Crippen LogP contribution in [-0.4, -0.2) is 41.0 Å². The summed E-state index contributed by atoms with van der Waals surface area (Å²) in [4.78, 5) is 16.3. The molecule has 0 saturated heterocycles. The van der Waals surface area contributed by atoms with Gasteiger partial charge in [-0.1, -0.05) is 11.8 Å². The third kappa shape index (κ3) is 3.36. The molecule has 0 radical (unpaired) electrons. The molecule has 2 aromatic rings. The first kappa shape index (κ1) is 14.8. The van der Waals surface area contributed by atoms with Gasteiger partial charge in [0.25, 0.3) is 5.91 Å². The maximum absolute atomic E-state index is 12.1. The summed E-state index contributed by atoms with van der Waals surface area (Å²) < 4.78 is 12.9. The third-order valence-electron chi connectivity index (χ3n) is 3.20. The molecule has 1 aliphatic rings. The zero-order valence-electron chi connectivity index (χ0n) is 12.2. The maximum atomic E-state index is 12.1. The molecule has 22 heavy (non-hydrogen) atoms. The van der Waals surface area contributed by atoms with E-state index in [9.17, 15) is 4.79 Å². The van der Waals surface area contributed by atoms with Gasteiger partial charge in [-0.3, -0.25) is 4.79 Å². The average Bonchev–Trinajstić information content (AvgIpc) is 2.96. The second-order valence-electron chi connectivity index (χ2n) is 4.78. The molecule has 0 aliphatic carbocycles. The van der Waals surface area contributed by atoms with Gasteiger partial charge < -0.3 is 19.4 Å². The first-order valence-corrected chi connectivity index (χ1v) is 8.00. The van der Waals surface area contributed by atoms with Crippen LogP contribution in [0.25, 0.3) is 0 Å². The lowest BCUT2D eigenvalue weighted by Crippen LogP contribution is -2.26. The molecule has 1 aliphatic heterocycles. The second-order valence-corrected chi connectivity index (χ2v) is 5.85. The Morgan fingerprint density at radius 2 is 2.18 bits per heavy atom. The molecular formula is C15H17N3O3S. The minimum absolute atomic E-state index is 0.114. The largest absolute Gasteiger partial charge is 0.486 e. The lowest BCUT2D eigenvalue weighted by Gasteiger charge is -2.18. The fraction of sp³-hybridized carbons (Fsp3) is 0.333. The van der Waals surface area contributed by atoms with Crippen molar-refractivity contribution in [2.24, 2.45) is 7.05 Å². The number of thioether (sulfide) groups is 1. The Kier molecular flexibility index (Phi) is 4.53. The van der Waals surface area contributed by atoms with Crippen LogP contribution in [0.3, 0.4) is 0 Å². The fourth-order valence-electron chi connectivity index (χ4n) is 2.08. The highest BCUT2D eigenvalue weighted by molar-refractivity contribution is 7.99. The summed E-state index contributed by atoms with van der Waals surface area (Å²) >= 11 is 1.61. The second kappa shape index (κ2) is 6.74. The first-order chi connectivity index (χ1) is 10.7. The molecule has 3 rings (SSSR count). The molecule has 0 saturated carbocycles. The number of ether oxygens (including phenoxy) is 2. The molecule has 0 bridgehead atoms. The molecule has 1 amide bonds. The Bertz CT molecular complexity index is 672. The number of nitrogens with one attached hydrogen (secondary N) is 1. The Balaban J connectivity index is 1.50. The fourth-order valence-corrected chi connectivity index (χ4v) is 2.87. The predicted molar refractivity (Wildman–Crippen MR) is 83.7 cm³/mol. The van der Waals surface area contributed by atoms with Gasteiger partial charge in [-0.05, 0) is 18.2 Å². The molecule has 0 spiro atoms. The predicted octanol–water partition coefficient (Wildman–Crippen LogP) is 1.71. The number of benzene rings is 1. The molecule has 1 N–H and O–H groups in total. The van der Waals surface area contributed by atoms with Crippen LogP contribution < -0.4 is 14.8 Å².